The molecule has 0 unspecified atom stereocenters. The molecule has 226 valence electrons. The summed E-state index contributed by atoms with van der Waals surface area (Å²) in [5, 5.41) is 5.05. The maximum Gasteiger partial charge on any atom is 0.0857 e. The first kappa shape index (κ1) is 28.4. The molecule has 0 bridgehead atoms. The zero-order valence-corrected chi connectivity index (χ0v) is 27.2. The molecule has 0 atom stereocenters. The van der Waals surface area contributed by atoms with E-state index in [0.29, 0.717) is 0 Å². The molecule has 0 spiro atoms. The standard InChI is InChI=1S/C46H31NS/c1-2-16-37(17-3-1)47(44-22-8-6-19-41(44)36-26-29-46-43(31-36)42-20-7-9-23-45(42)48-46)38-27-24-32(25-28-38)34-14-10-15-35(30-34)40-21-11-13-33-12-4-5-18-39(33)40/h1-2,4-16,18-25,27-28,30-31H,3,17H2. The Morgan fingerprint density at radius 2 is 1.31 bits per heavy atom. The summed E-state index contributed by atoms with van der Waals surface area (Å²) in [6, 6.07) is 59.8. The second-order valence-electron chi connectivity index (χ2n) is 12.3. The number of para-hydroxylation sites is 1. The van der Waals surface area contributed by atoms with Crippen LogP contribution in [0.3, 0.4) is 0 Å². The van der Waals surface area contributed by atoms with Crippen molar-refractivity contribution in [2.45, 2.75) is 12.8 Å². The number of benzene rings is 6. The third kappa shape index (κ3) is 5.06. The van der Waals surface area contributed by atoms with E-state index in [1.54, 1.807) is 11.3 Å². The molecule has 1 heterocycles. The Bertz CT molecular complexity index is 2510. The molecule has 9 rings (SSSR count). The van der Waals surface area contributed by atoms with Crippen molar-refractivity contribution in [1.82, 2.24) is 0 Å². The Morgan fingerprint density at radius 3 is 2.21 bits per heavy atom. The largest absolute Gasteiger partial charge is 0.314 e. The summed E-state index contributed by atoms with van der Waals surface area (Å²) in [5.74, 6) is 0. The topological polar surface area (TPSA) is 3.24 Å². The Balaban J connectivity index is 1.12. The molecule has 0 N–H and O–H groups in total. The van der Waals surface area contributed by atoms with Crippen molar-refractivity contribution >= 4 is 53.7 Å². The van der Waals surface area contributed by atoms with E-state index in [9.17, 15) is 0 Å². The minimum absolute atomic E-state index is 0.976. The van der Waals surface area contributed by atoms with Crippen LogP contribution in [0.5, 0.6) is 0 Å². The average molecular weight is 630 g/mol. The Hall–Kier alpha value is -5.88. The van der Waals surface area contributed by atoms with Crippen LogP contribution < -0.4 is 4.90 Å². The number of thiophene rings is 1. The number of hydrogen-bond donors (Lipinski definition) is 0. The van der Waals surface area contributed by atoms with E-state index < -0.39 is 0 Å². The van der Waals surface area contributed by atoms with Crippen LogP contribution in [0.15, 0.2) is 170 Å². The van der Waals surface area contributed by atoms with Gasteiger partial charge in [-0.25, -0.2) is 0 Å². The Kier molecular flexibility index (Phi) is 7.12. The molecule has 1 aliphatic rings. The van der Waals surface area contributed by atoms with E-state index >= 15 is 0 Å². The first-order valence-corrected chi connectivity index (χ1v) is 17.3. The minimum atomic E-state index is 0.976. The normalized spacial score (nSPS) is 12.7. The first-order chi connectivity index (χ1) is 23.8. The van der Waals surface area contributed by atoms with Crippen LogP contribution in [0.25, 0.3) is 64.3 Å². The van der Waals surface area contributed by atoms with Crippen LogP contribution in [0.2, 0.25) is 0 Å². The van der Waals surface area contributed by atoms with Gasteiger partial charge in [0, 0.05) is 38.0 Å². The smallest absolute Gasteiger partial charge is 0.0857 e. The SMILES string of the molecule is c1c(-c2ccccc2N(C2=CC=CCC2)c2ccc(-c3cccc(-c4cccc5ccccc45)c3)cc2)cc2c(c#1)sc1ccccc12. The molecule has 0 aliphatic heterocycles. The van der Waals surface area contributed by atoms with E-state index in [-0.39, 0.29) is 0 Å². The van der Waals surface area contributed by atoms with Crippen LogP contribution in [-0.4, -0.2) is 0 Å². The lowest BCUT2D eigenvalue weighted by Gasteiger charge is -2.30. The summed E-state index contributed by atoms with van der Waals surface area (Å²) in [5.41, 5.74) is 10.7. The van der Waals surface area contributed by atoms with Crippen LogP contribution >= 0.6 is 11.3 Å². The molecule has 0 saturated carbocycles. The lowest BCUT2D eigenvalue weighted by Crippen LogP contribution is -2.18. The molecule has 8 aromatic rings. The number of allylic oxidation sites excluding steroid dienone is 4. The lowest BCUT2D eigenvalue weighted by molar-refractivity contribution is 0.918. The number of fused-ring (bicyclic) bond motifs is 4. The summed E-state index contributed by atoms with van der Waals surface area (Å²) in [7, 11) is 0. The fourth-order valence-electron chi connectivity index (χ4n) is 7.03. The van der Waals surface area contributed by atoms with Gasteiger partial charge in [-0.05, 0) is 94.4 Å². The predicted octanol–water partition coefficient (Wildman–Crippen LogP) is 13.2. The molecule has 0 fully saturated rings. The Morgan fingerprint density at radius 1 is 0.562 bits per heavy atom. The second kappa shape index (κ2) is 12.0. The van der Waals surface area contributed by atoms with E-state index in [2.05, 4.69) is 181 Å². The quantitative estimate of drug-likeness (QED) is 0.177. The van der Waals surface area contributed by atoms with Crippen molar-refractivity contribution in [1.29, 1.82) is 0 Å². The molecular formula is C46H31NS. The minimum Gasteiger partial charge on any atom is -0.314 e. The van der Waals surface area contributed by atoms with Crippen molar-refractivity contribution in [3.05, 3.63) is 182 Å². The second-order valence-corrected chi connectivity index (χ2v) is 13.3. The van der Waals surface area contributed by atoms with Crippen LogP contribution in [-0.2, 0) is 0 Å². The van der Waals surface area contributed by atoms with Crippen LogP contribution in [0.1, 0.15) is 12.8 Å². The number of hydrogen-bond acceptors (Lipinski definition) is 2. The highest BCUT2D eigenvalue weighted by molar-refractivity contribution is 7.25. The third-order valence-electron chi connectivity index (χ3n) is 9.37. The Labute approximate surface area is 285 Å². The molecule has 0 saturated heterocycles. The van der Waals surface area contributed by atoms with Gasteiger partial charge >= 0.3 is 0 Å². The van der Waals surface area contributed by atoms with Gasteiger partial charge in [-0.3, -0.25) is 0 Å². The highest BCUT2D eigenvalue weighted by Crippen LogP contribution is 2.42. The van der Waals surface area contributed by atoms with Gasteiger partial charge in [0.25, 0.3) is 0 Å². The maximum absolute atomic E-state index is 3.52. The van der Waals surface area contributed by atoms with Gasteiger partial charge in [-0.2, -0.15) is 0 Å². The highest BCUT2D eigenvalue weighted by atomic mass is 32.1. The molecule has 1 nitrogen and oxygen atoms in total. The maximum atomic E-state index is 3.52. The van der Waals surface area contributed by atoms with Gasteiger partial charge in [-0.15, -0.1) is 11.3 Å². The van der Waals surface area contributed by atoms with Gasteiger partial charge in [0.1, 0.15) is 0 Å². The van der Waals surface area contributed by atoms with Crippen molar-refractivity contribution in [3.8, 4) is 33.4 Å². The van der Waals surface area contributed by atoms with E-state index in [1.165, 1.54) is 54.2 Å². The fourth-order valence-corrected chi connectivity index (χ4v) is 8.07. The summed E-state index contributed by atoms with van der Waals surface area (Å²) < 4.78 is 2.43. The molecule has 7 aromatic carbocycles. The number of anilines is 2. The first-order valence-electron chi connectivity index (χ1n) is 16.5. The van der Waals surface area contributed by atoms with Gasteiger partial charge in [-0.1, -0.05) is 127 Å². The summed E-state index contributed by atoms with van der Waals surface area (Å²) in [6.07, 6.45) is 8.69. The molecule has 1 aromatic heterocycles. The van der Waals surface area contributed by atoms with E-state index in [0.717, 1.165) is 40.0 Å². The van der Waals surface area contributed by atoms with Crippen molar-refractivity contribution in [2.24, 2.45) is 0 Å². The van der Waals surface area contributed by atoms with Crippen molar-refractivity contribution in [2.75, 3.05) is 4.90 Å². The zero-order valence-electron chi connectivity index (χ0n) is 26.4. The number of rotatable bonds is 6. The fraction of sp³-hybridized carbons (Fsp3) is 0.0435. The van der Waals surface area contributed by atoms with E-state index in [1.807, 2.05) is 0 Å². The van der Waals surface area contributed by atoms with Crippen LogP contribution in [0.4, 0.5) is 11.4 Å². The summed E-state index contributed by atoms with van der Waals surface area (Å²) >= 11 is 1.78. The lowest BCUT2D eigenvalue weighted by atomic mass is 9.95. The van der Waals surface area contributed by atoms with Crippen LogP contribution in [0, 0.1) is 12.1 Å². The molecule has 48 heavy (non-hydrogen) atoms. The van der Waals surface area contributed by atoms with Gasteiger partial charge in [0.15, 0.2) is 0 Å². The average Bonchev–Trinajstić information content (AvgIpc) is 3.54. The predicted molar refractivity (Wildman–Crippen MR) is 206 cm³/mol. The summed E-state index contributed by atoms with van der Waals surface area (Å²) in [6.45, 7) is 0. The molecule has 1 aliphatic carbocycles. The number of nitrogens with zero attached hydrogens (tertiary/aromatic N) is 1. The third-order valence-corrected chi connectivity index (χ3v) is 10.5. The van der Waals surface area contributed by atoms with Gasteiger partial charge < -0.3 is 4.90 Å². The molecule has 0 radical (unpaired) electrons. The van der Waals surface area contributed by atoms with Crippen molar-refractivity contribution < 1.29 is 0 Å². The van der Waals surface area contributed by atoms with Gasteiger partial charge in [0.05, 0.1) is 10.4 Å². The summed E-state index contributed by atoms with van der Waals surface area (Å²) in [4.78, 5) is 2.43. The molecule has 0 amide bonds. The monoisotopic (exact) mass is 629 g/mol. The highest BCUT2D eigenvalue weighted by Gasteiger charge is 2.20. The van der Waals surface area contributed by atoms with Gasteiger partial charge in [0.2, 0.25) is 0 Å². The van der Waals surface area contributed by atoms with Crippen molar-refractivity contribution in [3.63, 3.8) is 0 Å². The molecule has 2 heteroatoms. The molecular weight excluding hydrogens is 599 g/mol. The van der Waals surface area contributed by atoms with E-state index in [4.69, 9.17) is 0 Å². The zero-order chi connectivity index (χ0) is 31.9.